The Morgan fingerprint density at radius 2 is 2.09 bits per heavy atom. The summed E-state index contributed by atoms with van der Waals surface area (Å²) >= 11 is 3.52. The van der Waals surface area contributed by atoms with Crippen LogP contribution < -0.4 is 5.32 Å². The first kappa shape index (κ1) is 9.53. The molecule has 66 valence electrons. The first-order valence-corrected chi connectivity index (χ1v) is 5.65. The van der Waals surface area contributed by atoms with Gasteiger partial charge in [0.25, 0.3) is 0 Å². The van der Waals surface area contributed by atoms with Gasteiger partial charge in [0.1, 0.15) is 0 Å². The van der Waals surface area contributed by atoms with Gasteiger partial charge in [0.15, 0.2) is 0 Å². The average molecular weight is 220 g/mol. The third-order valence-corrected chi connectivity index (χ3v) is 3.03. The van der Waals surface area contributed by atoms with E-state index in [1.54, 1.807) is 0 Å². The number of halogens is 1. The van der Waals surface area contributed by atoms with E-state index in [9.17, 15) is 0 Å². The highest BCUT2D eigenvalue weighted by atomic mass is 79.9. The van der Waals surface area contributed by atoms with E-state index in [1.807, 2.05) is 0 Å². The van der Waals surface area contributed by atoms with Crippen LogP contribution in [0.5, 0.6) is 0 Å². The Bertz CT molecular complexity index is 110. The van der Waals surface area contributed by atoms with Crippen molar-refractivity contribution in [3.05, 3.63) is 0 Å². The molecule has 11 heavy (non-hydrogen) atoms. The van der Waals surface area contributed by atoms with E-state index in [1.165, 1.54) is 19.4 Å². The van der Waals surface area contributed by atoms with Gasteiger partial charge in [0.2, 0.25) is 0 Å². The topological polar surface area (TPSA) is 12.0 Å². The Morgan fingerprint density at radius 3 is 2.45 bits per heavy atom. The molecule has 1 N–H and O–H groups in total. The van der Waals surface area contributed by atoms with Gasteiger partial charge in [0.05, 0.1) is 0 Å². The second kappa shape index (κ2) is 4.46. The summed E-state index contributed by atoms with van der Waals surface area (Å²) in [5.74, 6) is 1.74. The van der Waals surface area contributed by atoms with Crippen molar-refractivity contribution in [3.63, 3.8) is 0 Å². The minimum absolute atomic E-state index is 0.663. The van der Waals surface area contributed by atoms with Crippen molar-refractivity contribution in [2.45, 2.75) is 32.7 Å². The maximum Gasteiger partial charge on any atom is 0.0188 e. The summed E-state index contributed by atoms with van der Waals surface area (Å²) in [6, 6.07) is 0.663. The molecule has 1 saturated carbocycles. The van der Waals surface area contributed by atoms with Gasteiger partial charge in [0, 0.05) is 11.4 Å². The maximum atomic E-state index is 3.58. The van der Waals surface area contributed by atoms with Crippen LogP contribution in [0.1, 0.15) is 26.7 Å². The average Bonchev–Trinajstić information content (AvgIpc) is 2.72. The van der Waals surface area contributed by atoms with Crippen LogP contribution in [0.4, 0.5) is 0 Å². The molecule has 1 atom stereocenters. The Balaban J connectivity index is 2.08. The summed E-state index contributed by atoms with van der Waals surface area (Å²) in [5.41, 5.74) is 0. The van der Waals surface area contributed by atoms with Crippen LogP contribution in [0.3, 0.4) is 0 Å². The van der Waals surface area contributed by atoms with Crippen LogP contribution in [0.25, 0.3) is 0 Å². The molecule has 0 aromatic carbocycles. The lowest BCUT2D eigenvalue weighted by atomic mass is 10.1. The van der Waals surface area contributed by atoms with Crippen LogP contribution >= 0.6 is 15.9 Å². The fraction of sp³-hybridized carbons (Fsp3) is 1.00. The standard InChI is InChI=1S/C9H18BrN/c1-7(2)9(5-10)11-6-8-3-4-8/h7-9,11H,3-6H2,1-2H3. The highest BCUT2D eigenvalue weighted by Gasteiger charge is 2.22. The second-order valence-electron chi connectivity index (χ2n) is 3.86. The quantitative estimate of drug-likeness (QED) is 0.701. The van der Waals surface area contributed by atoms with E-state index >= 15 is 0 Å². The normalized spacial score (nSPS) is 20.7. The summed E-state index contributed by atoms with van der Waals surface area (Å²) in [7, 11) is 0. The zero-order valence-electron chi connectivity index (χ0n) is 7.44. The van der Waals surface area contributed by atoms with Crippen molar-refractivity contribution in [2.24, 2.45) is 11.8 Å². The highest BCUT2D eigenvalue weighted by Crippen LogP contribution is 2.27. The molecule has 1 aliphatic rings. The maximum absolute atomic E-state index is 3.58. The number of hydrogen-bond acceptors (Lipinski definition) is 1. The molecule has 0 spiro atoms. The van der Waals surface area contributed by atoms with Crippen molar-refractivity contribution in [3.8, 4) is 0 Å². The van der Waals surface area contributed by atoms with Gasteiger partial charge in [-0.3, -0.25) is 0 Å². The molecule has 2 heteroatoms. The molecule has 0 aromatic heterocycles. The Hall–Kier alpha value is 0.440. The lowest BCUT2D eigenvalue weighted by Gasteiger charge is -2.19. The SMILES string of the molecule is CC(C)C(CBr)NCC1CC1. The van der Waals surface area contributed by atoms with Crippen molar-refractivity contribution in [1.82, 2.24) is 5.32 Å². The Labute approximate surface area is 78.1 Å². The molecular formula is C9H18BrN. The fourth-order valence-electron chi connectivity index (χ4n) is 1.11. The van der Waals surface area contributed by atoms with Gasteiger partial charge in [-0.2, -0.15) is 0 Å². The monoisotopic (exact) mass is 219 g/mol. The summed E-state index contributed by atoms with van der Waals surface area (Å²) in [4.78, 5) is 0. The van der Waals surface area contributed by atoms with Gasteiger partial charge in [-0.05, 0) is 31.2 Å². The first-order valence-electron chi connectivity index (χ1n) is 4.53. The molecule has 0 amide bonds. The number of nitrogens with one attached hydrogen (secondary N) is 1. The van der Waals surface area contributed by atoms with Crippen molar-refractivity contribution >= 4 is 15.9 Å². The van der Waals surface area contributed by atoms with E-state index in [0.29, 0.717) is 6.04 Å². The molecule has 1 unspecified atom stereocenters. The third kappa shape index (κ3) is 3.57. The van der Waals surface area contributed by atoms with E-state index < -0.39 is 0 Å². The van der Waals surface area contributed by atoms with E-state index in [4.69, 9.17) is 0 Å². The van der Waals surface area contributed by atoms with Crippen molar-refractivity contribution < 1.29 is 0 Å². The minimum Gasteiger partial charge on any atom is -0.313 e. The molecular weight excluding hydrogens is 202 g/mol. The van der Waals surface area contributed by atoms with Crippen LogP contribution in [-0.4, -0.2) is 17.9 Å². The fourth-order valence-corrected chi connectivity index (χ4v) is 2.09. The molecule has 0 radical (unpaired) electrons. The largest absolute Gasteiger partial charge is 0.313 e. The first-order chi connectivity index (χ1) is 5.24. The van der Waals surface area contributed by atoms with Crippen LogP contribution in [0, 0.1) is 11.8 Å². The Morgan fingerprint density at radius 1 is 1.45 bits per heavy atom. The summed E-state index contributed by atoms with van der Waals surface area (Å²) in [6.07, 6.45) is 2.89. The summed E-state index contributed by atoms with van der Waals surface area (Å²) < 4.78 is 0. The highest BCUT2D eigenvalue weighted by molar-refractivity contribution is 9.09. The molecule has 0 aromatic rings. The van der Waals surface area contributed by atoms with Gasteiger partial charge >= 0.3 is 0 Å². The second-order valence-corrected chi connectivity index (χ2v) is 4.50. The predicted octanol–water partition coefficient (Wildman–Crippen LogP) is 2.41. The molecule has 1 aliphatic carbocycles. The van der Waals surface area contributed by atoms with Crippen molar-refractivity contribution in [2.75, 3.05) is 11.9 Å². The number of rotatable bonds is 5. The number of alkyl halides is 1. The van der Waals surface area contributed by atoms with E-state index in [-0.39, 0.29) is 0 Å². The van der Waals surface area contributed by atoms with Gasteiger partial charge in [-0.1, -0.05) is 29.8 Å². The molecule has 0 saturated heterocycles. The van der Waals surface area contributed by atoms with Crippen LogP contribution in [-0.2, 0) is 0 Å². The molecule has 1 nitrogen and oxygen atoms in total. The molecule has 0 aliphatic heterocycles. The Kier molecular flexibility index (Phi) is 3.86. The molecule has 0 bridgehead atoms. The molecule has 1 fully saturated rings. The lowest BCUT2D eigenvalue weighted by molar-refractivity contribution is 0.427. The smallest absolute Gasteiger partial charge is 0.0188 e. The van der Waals surface area contributed by atoms with E-state index in [2.05, 4.69) is 35.1 Å². The lowest BCUT2D eigenvalue weighted by Crippen LogP contribution is -2.36. The summed E-state index contributed by atoms with van der Waals surface area (Å²) in [5, 5.41) is 4.66. The van der Waals surface area contributed by atoms with Crippen molar-refractivity contribution in [1.29, 1.82) is 0 Å². The van der Waals surface area contributed by atoms with Gasteiger partial charge in [-0.15, -0.1) is 0 Å². The number of hydrogen-bond donors (Lipinski definition) is 1. The zero-order chi connectivity index (χ0) is 8.27. The minimum atomic E-state index is 0.663. The van der Waals surface area contributed by atoms with Gasteiger partial charge < -0.3 is 5.32 Å². The molecule has 1 rings (SSSR count). The molecule has 0 heterocycles. The predicted molar refractivity (Wildman–Crippen MR) is 53.1 cm³/mol. The van der Waals surface area contributed by atoms with Gasteiger partial charge in [-0.25, -0.2) is 0 Å². The summed E-state index contributed by atoms with van der Waals surface area (Å²) in [6.45, 7) is 5.77. The van der Waals surface area contributed by atoms with Crippen LogP contribution in [0.2, 0.25) is 0 Å². The third-order valence-electron chi connectivity index (χ3n) is 2.34. The van der Waals surface area contributed by atoms with E-state index in [0.717, 1.165) is 17.2 Å². The zero-order valence-corrected chi connectivity index (χ0v) is 9.02. The van der Waals surface area contributed by atoms with Crippen LogP contribution in [0.15, 0.2) is 0 Å².